The third kappa shape index (κ3) is 3.46. The highest BCUT2D eigenvalue weighted by molar-refractivity contribution is 5.77. The molecule has 1 fully saturated rings. The van der Waals surface area contributed by atoms with Crippen molar-refractivity contribution in [2.75, 3.05) is 32.8 Å². The van der Waals surface area contributed by atoms with E-state index in [1.165, 1.54) is 0 Å². The molecule has 0 amide bonds. The summed E-state index contributed by atoms with van der Waals surface area (Å²) in [5, 5.41) is 8.61. The Bertz CT molecular complexity index is 1190. The molecule has 0 bridgehead atoms. The first kappa shape index (κ1) is 19.4. The van der Waals surface area contributed by atoms with E-state index in [-0.39, 0.29) is 12.1 Å². The van der Waals surface area contributed by atoms with Crippen LogP contribution in [0.15, 0.2) is 42.7 Å². The number of rotatable bonds is 6. The molecular weight excluding hydrogens is 396 g/mol. The average Bonchev–Trinajstić information content (AvgIpc) is 3.56. The molecule has 1 aliphatic rings. The number of nitrogens with zero attached hydrogens (tertiary/aromatic N) is 5. The van der Waals surface area contributed by atoms with E-state index in [0.717, 1.165) is 40.4 Å². The molecule has 1 aliphatic heterocycles. The first-order valence-electron chi connectivity index (χ1n) is 9.99. The summed E-state index contributed by atoms with van der Waals surface area (Å²) in [4.78, 5) is 12.1. The predicted octanol–water partition coefficient (Wildman–Crippen LogP) is 2.93. The van der Waals surface area contributed by atoms with E-state index in [1.54, 1.807) is 44.6 Å². The minimum absolute atomic E-state index is 0.0295. The molecule has 3 heterocycles. The van der Waals surface area contributed by atoms with Crippen LogP contribution in [0.2, 0.25) is 0 Å². The lowest BCUT2D eigenvalue weighted by Gasteiger charge is -2.27. The third-order valence-corrected chi connectivity index (χ3v) is 5.66. The minimum atomic E-state index is -0.0295. The molecule has 0 aliphatic carbocycles. The van der Waals surface area contributed by atoms with E-state index in [1.807, 2.05) is 24.3 Å². The second-order valence-corrected chi connectivity index (χ2v) is 7.36. The molecule has 5 rings (SSSR count). The van der Waals surface area contributed by atoms with Crippen molar-refractivity contribution in [1.29, 1.82) is 0 Å². The van der Waals surface area contributed by atoms with Gasteiger partial charge >= 0.3 is 0 Å². The van der Waals surface area contributed by atoms with E-state index in [0.29, 0.717) is 12.3 Å². The van der Waals surface area contributed by atoms with Gasteiger partial charge in [0.2, 0.25) is 0 Å². The zero-order chi connectivity index (χ0) is 21.4. The minimum Gasteiger partial charge on any atom is -0.497 e. The molecule has 9 nitrogen and oxygen atoms in total. The van der Waals surface area contributed by atoms with Gasteiger partial charge < -0.3 is 24.1 Å². The van der Waals surface area contributed by atoms with Crippen molar-refractivity contribution in [1.82, 2.24) is 25.0 Å². The van der Waals surface area contributed by atoms with Gasteiger partial charge in [-0.1, -0.05) is 0 Å². The number of aromatic nitrogens is 5. The third-order valence-electron chi connectivity index (χ3n) is 5.66. The number of hydrogen-bond acceptors (Lipinski definition) is 7. The van der Waals surface area contributed by atoms with E-state index in [9.17, 15) is 0 Å². The number of benzene rings is 2. The zero-order valence-corrected chi connectivity index (χ0v) is 17.6. The molecule has 159 valence electrons. The maximum atomic E-state index is 5.73. The van der Waals surface area contributed by atoms with Crippen LogP contribution in [0, 0.1) is 6.07 Å². The molecule has 0 spiro atoms. The van der Waals surface area contributed by atoms with Crippen LogP contribution in [0.1, 0.15) is 18.3 Å². The van der Waals surface area contributed by atoms with Crippen molar-refractivity contribution in [2.24, 2.45) is 0 Å². The quantitative estimate of drug-likeness (QED) is 0.514. The Morgan fingerprint density at radius 2 is 1.87 bits per heavy atom. The van der Waals surface area contributed by atoms with Gasteiger partial charge in [0.1, 0.15) is 23.0 Å². The molecule has 31 heavy (non-hydrogen) atoms. The number of fused-ring (bicyclic) bond motifs is 1. The van der Waals surface area contributed by atoms with Gasteiger partial charge in [-0.25, -0.2) is 4.98 Å². The number of H-pyrrole nitrogens is 1. The lowest BCUT2D eigenvalue weighted by molar-refractivity contribution is 0.118. The summed E-state index contributed by atoms with van der Waals surface area (Å²) in [6, 6.07) is 12.8. The van der Waals surface area contributed by atoms with Crippen LogP contribution in [0.3, 0.4) is 0 Å². The summed E-state index contributed by atoms with van der Waals surface area (Å²) >= 11 is 0. The highest BCUT2D eigenvalue weighted by atomic mass is 16.5. The summed E-state index contributed by atoms with van der Waals surface area (Å²) in [7, 11) is 5.04. The van der Waals surface area contributed by atoms with Gasteiger partial charge in [0.25, 0.3) is 0 Å². The van der Waals surface area contributed by atoms with Crippen LogP contribution in [0.25, 0.3) is 16.7 Å². The second-order valence-electron chi connectivity index (χ2n) is 7.36. The van der Waals surface area contributed by atoms with Gasteiger partial charge in [-0.2, -0.15) is 10.2 Å². The fraction of sp³-hybridized carbons (Fsp3) is 0.318. The number of nitrogens with one attached hydrogen (secondary N) is 1. The van der Waals surface area contributed by atoms with Crippen LogP contribution >= 0.6 is 0 Å². The van der Waals surface area contributed by atoms with Gasteiger partial charge in [0.05, 0.1) is 55.5 Å². The maximum absolute atomic E-state index is 5.73. The first-order valence-corrected chi connectivity index (χ1v) is 9.99. The highest BCUT2D eigenvalue weighted by Gasteiger charge is 2.37. The van der Waals surface area contributed by atoms with E-state index in [4.69, 9.17) is 19.2 Å². The molecule has 2 atom stereocenters. The molecule has 0 unspecified atom stereocenters. The normalized spacial score (nSPS) is 18.6. The van der Waals surface area contributed by atoms with Crippen molar-refractivity contribution in [3.63, 3.8) is 0 Å². The standard InChI is InChI=1S/C22H23N6O3/c1-29-14-4-6-17-18(10-14)26-22(25-17)21-12-16(31-3)13-27(21)20-11-15(30-2)5-7-19(20)28-23-8-9-24-28/h4-6,8-11,16,21H,12-13H2,1-3H3,(H,25,26)/t16-,21+/m1/s1. The Balaban J connectivity index is 1.61. The predicted molar refractivity (Wildman–Crippen MR) is 115 cm³/mol. The van der Waals surface area contributed by atoms with Crippen molar-refractivity contribution in [3.8, 4) is 17.2 Å². The number of hydrogen-bond donors (Lipinski definition) is 1. The second kappa shape index (κ2) is 7.92. The average molecular weight is 419 g/mol. The van der Waals surface area contributed by atoms with Gasteiger partial charge in [0.15, 0.2) is 0 Å². The summed E-state index contributed by atoms with van der Waals surface area (Å²) in [6.07, 6.45) is 4.13. The highest BCUT2D eigenvalue weighted by Crippen LogP contribution is 2.40. The fourth-order valence-corrected chi connectivity index (χ4v) is 4.07. The van der Waals surface area contributed by atoms with Gasteiger partial charge in [-0.05, 0) is 18.2 Å². The monoisotopic (exact) mass is 419 g/mol. The Hall–Kier alpha value is -3.59. The number of methoxy groups -OCH3 is 3. The molecule has 2 aromatic heterocycles. The van der Waals surface area contributed by atoms with Crippen LogP contribution in [-0.2, 0) is 4.74 Å². The van der Waals surface area contributed by atoms with Gasteiger partial charge in [0, 0.05) is 38.3 Å². The van der Waals surface area contributed by atoms with Gasteiger partial charge in [-0.3, -0.25) is 0 Å². The van der Waals surface area contributed by atoms with E-state index >= 15 is 0 Å². The Labute approximate surface area is 179 Å². The smallest absolute Gasteiger partial charge is 0.130 e. The lowest BCUT2D eigenvalue weighted by Crippen LogP contribution is -2.27. The molecule has 1 radical (unpaired) electrons. The molecule has 2 aromatic carbocycles. The molecular formula is C22H23N6O3. The SMILES string of the molecule is COc1c[c]c(-n2nccn2)c(N2C[C@H](OC)C[C@H]2c2nc3ccc(OC)cc3[nH]2)c1. The van der Waals surface area contributed by atoms with E-state index < -0.39 is 0 Å². The molecule has 1 N–H and O–H groups in total. The number of anilines is 1. The molecule has 9 heteroatoms. The topological polar surface area (TPSA) is 90.3 Å². The lowest BCUT2D eigenvalue weighted by atomic mass is 10.1. The maximum Gasteiger partial charge on any atom is 0.130 e. The van der Waals surface area contributed by atoms with Crippen molar-refractivity contribution < 1.29 is 14.2 Å². The fourth-order valence-electron chi connectivity index (χ4n) is 4.07. The van der Waals surface area contributed by atoms with Crippen molar-refractivity contribution in [2.45, 2.75) is 18.6 Å². The van der Waals surface area contributed by atoms with E-state index in [2.05, 4.69) is 26.1 Å². The largest absolute Gasteiger partial charge is 0.497 e. The Kier molecular flexibility index (Phi) is 4.95. The van der Waals surface area contributed by atoms with Crippen LogP contribution < -0.4 is 14.4 Å². The number of ether oxygens (including phenoxy) is 3. The summed E-state index contributed by atoms with van der Waals surface area (Å²) in [5.41, 5.74) is 3.47. The summed E-state index contributed by atoms with van der Waals surface area (Å²) in [5.74, 6) is 2.36. The molecule has 4 aromatic rings. The summed E-state index contributed by atoms with van der Waals surface area (Å²) < 4.78 is 16.6. The Morgan fingerprint density at radius 3 is 2.61 bits per heavy atom. The summed E-state index contributed by atoms with van der Waals surface area (Å²) in [6.45, 7) is 0.691. The van der Waals surface area contributed by atoms with Crippen LogP contribution in [-0.4, -0.2) is 58.9 Å². The van der Waals surface area contributed by atoms with Crippen molar-refractivity contribution >= 4 is 16.7 Å². The first-order chi connectivity index (χ1) is 15.2. The number of imidazole rings is 1. The molecule has 1 saturated heterocycles. The van der Waals surface area contributed by atoms with Crippen LogP contribution in [0.5, 0.6) is 11.5 Å². The Morgan fingerprint density at radius 1 is 1.06 bits per heavy atom. The molecule has 0 saturated carbocycles. The van der Waals surface area contributed by atoms with Crippen molar-refractivity contribution in [3.05, 3.63) is 54.6 Å². The van der Waals surface area contributed by atoms with Gasteiger partial charge in [-0.15, -0.1) is 4.80 Å². The zero-order valence-electron chi connectivity index (χ0n) is 17.6. The number of aromatic amines is 1. The van der Waals surface area contributed by atoms with Crippen LogP contribution in [0.4, 0.5) is 5.69 Å².